The SMILES string of the molecule is CN1CCN(c2ccc(NC(=O)COC(c3ccccc3)c3ccccc3)cn2)CC1. The Bertz CT molecular complexity index is 916. The van der Waals surface area contributed by atoms with E-state index in [0.717, 1.165) is 43.1 Å². The monoisotopic (exact) mass is 416 g/mol. The van der Waals surface area contributed by atoms with Crippen LogP contribution in [0.2, 0.25) is 0 Å². The summed E-state index contributed by atoms with van der Waals surface area (Å²) in [5.74, 6) is 0.738. The number of hydrogen-bond acceptors (Lipinski definition) is 5. The summed E-state index contributed by atoms with van der Waals surface area (Å²) in [6.45, 7) is 3.94. The Balaban J connectivity index is 1.35. The summed E-state index contributed by atoms with van der Waals surface area (Å²) in [6.07, 6.45) is 1.41. The average Bonchev–Trinajstić information content (AvgIpc) is 2.82. The molecule has 0 aliphatic carbocycles. The third kappa shape index (κ3) is 5.69. The van der Waals surface area contributed by atoms with Crippen LogP contribution < -0.4 is 10.2 Å². The van der Waals surface area contributed by atoms with Crippen molar-refractivity contribution >= 4 is 17.4 Å². The van der Waals surface area contributed by atoms with Crippen molar-refractivity contribution in [3.8, 4) is 0 Å². The van der Waals surface area contributed by atoms with Crippen LogP contribution in [0.5, 0.6) is 0 Å². The van der Waals surface area contributed by atoms with Crippen LogP contribution in [-0.2, 0) is 9.53 Å². The molecule has 31 heavy (non-hydrogen) atoms. The molecular formula is C25H28N4O2. The van der Waals surface area contributed by atoms with E-state index in [-0.39, 0.29) is 18.6 Å². The molecule has 160 valence electrons. The van der Waals surface area contributed by atoms with Gasteiger partial charge in [0.05, 0.1) is 11.9 Å². The zero-order valence-electron chi connectivity index (χ0n) is 17.8. The molecule has 1 N–H and O–H groups in total. The molecule has 2 heterocycles. The average molecular weight is 417 g/mol. The van der Waals surface area contributed by atoms with Gasteiger partial charge < -0.3 is 19.9 Å². The first-order valence-electron chi connectivity index (χ1n) is 10.6. The fourth-order valence-electron chi connectivity index (χ4n) is 3.68. The van der Waals surface area contributed by atoms with E-state index >= 15 is 0 Å². The van der Waals surface area contributed by atoms with Gasteiger partial charge in [0.15, 0.2) is 0 Å². The number of amides is 1. The van der Waals surface area contributed by atoms with Crippen molar-refractivity contribution in [2.75, 3.05) is 50.1 Å². The Morgan fingerprint density at radius 2 is 1.55 bits per heavy atom. The summed E-state index contributed by atoms with van der Waals surface area (Å²) >= 11 is 0. The lowest BCUT2D eigenvalue weighted by Crippen LogP contribution is -2.44. The molecule has 1 aromatic heterocycles. The number of benzene rings is 2. The highest BCUT2D eigenvalue weighted by molar-refractivity contribution is 5.91. The number of carbonyl (C=O) groups is 1. The molecule has 3 aromatic rings. The first-order valence-corrected chi connectivity index (χ1v) is 10.6. The summed E-state index contributed by atoms with van der Waals surface area (Å²) in [4.78, 5) is 21.6. The van der Waals surface area contributed by atoms with Crippen molar-refractivity contribution in [3.05, 3.63) is 90.1 Å². The molecule has 2 aromatic carbocycles. The Kier molecular flexibility index (Phi) is 6.92. The van der Waals surface area contributed by atoms with E-state index in [1.807, 2.05) is 72.8 Å². The molecule has 0 saturated carbocycles. The van der Waals surface area contributed by atoms with Crippen molar-refractivity contribution in [1.29, 1.82) is 0 Å². The lowest BCUT2D eigenvalue weighted by atomic mass is 10.0. The molecule has 0 bridgehead atoms. The maximum atomic E-state index is 12.5. The Labute approximate surface area is 183 Å². The molecule has 4 rings (SSSR count). The van der Waals surface area contributed by atoms with Gasteiger partial charge in [-0.25, -0.2) is 4.98 Å². The van der Waals surface area contributed by atoms with Gasteiger partial charge in [0, 0.05) is 26.2 Å². The molecule has 6 heteroatoms. The Morgan fingerprint density at radius 1 is 0.935 bits per heavy atom. The molecule has 1 aliphatic rings. The van der Waals surface area contributed by atoms with E-state index in [1.54, 1.807) is 6.20 Å². The smallest absolute Gasteiger partial charge is 0.250 e. The molecule has 1 aliphatic heterocycles. The predicted molar refractivity (Wildman–Crippen MR) is 123 cm³/mol. The molecule has 0 spiro atoms. The highest BCUT2D eigenvalue weighted by atomic mass is 16.5. The van der Waals surface area contributed by atoms with Crippen LogP contribution in [0.4, 0.5) is 11.5 Å². The van der Waals surface area contributed by atoms with Gasteiger partial charge in [0.1, 0.15) is 18.5 Å². The Hall–Kier alpha value is -3.22. The van der Waals surface area contributed by atoms with Crippen LogP contribution >= 0.6 is 0 Å². The van der Waals surface area contributed by atoms with E-state index in [2.05, 4.69) is 27.1 Å². The van der Waals surface area contributed by atoms with Gasteiger partial charge in [-0.3, -0.25) is 4.79 Å². The van der Waals surface area contributed by atoms with Gasteiger partial charge in [-0.05, 0) is 30.3 Å². The molecule has 1 fully saturated rings. The number of ether oxygens (including phenoxy) is 1. The summed E-state index contributed by atoms with van der Waals surface area (Å²) < 4.78 is 6.03. The summed E-state index contributed by atoms with van der Waals surface area (Å²) in [7, 11) is 2.13. The minimum Gasteiger partial charge on any atom is -0.359 e. The van der Waals surface area contributed by atoms with Crippen molar-refractivity contribution in [1.82, 2.24) is 9.88 Å². The van der Waals surface area contributed by atoms with Crippen molar-refractivity contribution in [2.24, 2.45) is 0 Å². The number of nitrogens with zero attached hydrogens (tertiary/aromatic N) is 3. The zero-order valence-corrected chi connectivity index (χ0v) is 17.8. The number of hydrogen-bond donors (Lipinski definition) is 1. The standard InChI is InChI=1S/C25H28N4O2/c1-28-14-16-29(17-15-28)23-13-12-22(18-26-23)27-24(30)19-31-25(20-8-4-2-5-9-20)21-10-6-3-7-11-21/h2-13,18,25H,14-17,19H2,1H3,(H,27,30). The van der Waals surface area contributed by atoms with Gasteiger partial charge in [-0.1, -0.05) is 60.7 Å². The maximum absolute atomic E-state index is 12.5. The first kappa shape index (κ1) is 21.0. The molecule has 1 saturated heterocycles. The fraction of sp³-hybridized carbons (Fsp3) is 0.280. The molecule has 0 unspecified atom stereocenters. The topological polar surface area (TPSA) is 57.7 Å². The first-order chi connectivity index (χ1) is 15.2. The number of aromatic nitrogens is 1. The van der Waals surface area contributed by atoms with E-state index < -0.39 is 0 Å². The van der Waals surface area contributed by atoms with Crippen LogP contribution in [0.25, 0.3) is 0 Å². The third-order valence-corrected chi connectivity index (χ3v) is 5.44. The molecule has 6 nitrogen and oxygen atoms in total. The van der Waals surface area contributed by atoms with Crippen molar-refractivity contribution in [3.63, 3.8) is 0 Å². The molecule has 1 amide bonds. The number of pyridine rings is 1. The molecule has 0 atom stereocenters. The minimum atomic E-state index is -0.300. The highest BCUT2D eigenvalue weighted by Crippen LogP contribution is 2.25. The van der Waals surface area contributed by atoms with Gasteiger partial charge in [0.25, 0.3) is 0 Å². The third-order valence-electron chi connectivity index (χ3n) is 5.44. The zero-order chi connectivity index (χ0) is 21.5. The second-order valence-corrected chi connectivity index (χ2v) is 7.76. The Morgan fingerprint density at radius 3 is 2.10 bits per heavy atom. The van der Waals surface area contributed by atoms with Crippen LogP contribution in [0.3, 0.4) is 0 Å². The maximum Gasteiger partial charge on any atom is 0.250 e. The largest absolute Gasteiger partial charge is 0.359 e. The number of anilines is 2. The van der Waals surface area contributed by atoms with E-state index in [0.29, 0.717) is 5.69 Å². The van der Waals surface area contributed by atoms with Gasteiger partial charge >= 0.3 is 0 Å². The van der Waals surface area contributed by atoms with Gasteiger partial charge in [0.2, 0.25) is 5.91 Å². The van der Waals surface area contributed by atoms with Crippen molar-refractivity contribution < 1.29 is 9.53 Å². The molecule has 0 radical (unpaired) electrons. The lowest BCUT2D eigenvalue weighted by molar-refractivity contribution is -0.121. The second kappa shape index (κ2) is 10.2. The lowest BCUT2D eigenvalue weighted by Gasteiger charge is -2.33. The van der Waals surface area contributed by atoms with E-state index in [4.69, 9.17) is 4.74 Å². The van der Waals surface area contributed by atoms with Crippen LogP contribution in [0, 0.1) is 0 Å². The van der Waals surface area contributed by atoms with Crippen LogP contribution in [-0.4, -0.2) is 55.6 Å². The van der Waals surface area contributed by atoms with E-state index in [9.17, 15) is 4.79 Å². The summed E-state index contributed by atoms with van der Waals surface area (Å²) in [6, 6.07) is 23.7. The fourth-order valence-corrected chi connectivity index (χ4v) is 3.68. The van der Waals surface area contributed by atoms with Crippen LogP contribution in [0.1, 0.15) is 17.2 Å². The summed E-state index contributed by atoms with van der Waals surface area (Å²) in [5.41, 5.74) is 2.70. The normalized spacial score (nSPS) is 14.6. The second-order valence-electron chi connectivity index (χ2n) is 7.76. The number of carbonyl (C=O) groups excluding carboxylic acids is 1. The number of rotatable bonds is 7. The number of piperazine rings is 1. The van der Waals surface area contributed by atoms with Gasteiger partial charge in [-0.2, -0.15) is 0 Å². The van der Waals surface area contributed by atoms with Crippen LogP contribution in [0.15, 0.2) is 79.0 Å². The highest BCUT2D eigenvalue weighted by Gasteiger charge is 2.17. The van der Waals surface area contributed by atoms with E-state index in [1.165, 1.54) is 0 Å². The molecular weight excluding hydrogens is 388 g/mol. The summed E-state index contributed by atoms with van der Waals surface area (Å²) in [5, 5.41) is 2.88. The van der Waals surface area contributed by atoms with Crippen molar-refractivity contribution in [2.45, 2.75) is 6.10 Å². The number of likely N-dealkylation sites (N-methyl/N-ethyl adjacent to an activating group) is 1. The van der Waals surface area contributed by atoms with Gasteiger partial charge in [-0.15, -0.1) is 0 Å². The minimum absolute atomic E-state index is 0.0470. The predicted octanol–water partition coefficient (Wildman–Crippen LogP) is 3.58. The quantitative estimate of drug-likeness (QED) is 0.638. The number of nitrogens with one attached hydrogen (secondary N) is 1.